The summed E-state index contributed by atoms with van der Waals surface area (Å²) in [5.74, 6) is -0.187. The Morgan fingerprint density at radius 3 is 2.82 bits per heavy atom. The van der Waals surface area contributed by atoms with Gasteiger partial charge in [0.1, 0.15) is 6.61 Å². The SMILES string of the molecule is CCOCC(=O)NCC(C)O. The van der Waals surface area contributed by atoms with Gasteiger partial charge in [0, 0.05) is 13.2 Å². The van der Waals surface area contributed by atoms with Crippen molar-refractivity contribution in [3.8, 4) is 0 Å². The molecule has 0 aliphatic heterocycles. The van der Waals surface area contributed by atoms with E-state index in [-0.39, 0.29) is 19.1 Å². The quantitative estimate of drug-likeness (QED) is 0.572. The van der Waals surface area contributed by atoms with Gasteiger partial charge in [-0.25, -0.2) is 0 Å². The highest BCUT2D eigenvalue weighted by molar-refractivity contribution is 5.77. The Labute approximate surface area is 66.5 Å². The molecule has 0 aromatic rings. The zero-order valence-electron chi connectivity index (χ0n) is 6.96. The highest BCUT2D eigenvalue weighted by Crippen LogP contribution is 1.77. The van der Waals surface area contributed by atoms with E-state index in [0.29, 0.717) is 6.61 Å². The zero-order chi connectivity index (χ0) is 8.69. The summed E-state index contributed by atoms with van der Waals surface area (Å²) in [6, 6.07) is 0. The number of hydrogen-bond acceptors (Lipinski definition) is 3. The Kier molecular flexibility index (Phi) is 5.78. The molecule has 0 bridgehead atoms. The molecule has 0 aromatic carbocycles. The van der Waals surface area contributed by atoms with Gasteiger partial charge in [-0.15, -0.1) is 0 Å². The van der Waals surface area contributed by atoms with E-state index in [0.717, 1.165) is 0 Å². The summed E-state index contributed by atoms with van der Waals surface area (Å²) in [6.07, 6.45) is -0.499. The summed E-state index contributed by atoms with van der Waals surface area (Å²) >= 11 is 0. The maximum atomic E-state index is 10.8. The number of nitrogens with one attached hydrogen (secondary N) is 1. The van der Waals surface area contributed by atoms with Crippen LogP contribution in [0.3, 0.4) is 0 Å². The molecule has 11 heavy (non-hydrogen) atoms. The molecular weight excluding hydrogens is 146 g/mol. The second-order valence-corrected chi connectivity index (χ2v) is 2.29. The van der Waals surface area contributed by atoms with Gasteiger partial charge < -0.3 is 15.2 Å². The van der Waals surface area contributed by atoms with E-state index >= 15 is 0 Å². The van der Waals surface area contributed by atoms with Crippen molar-refractivity contribution < 1.29 is 14.6 Å². The maximum Gasteiger partial charge on any atom is 0.246 e. The van der Waals surface area contributed by atoms with E-state index in [1.54, 1.807) is 6.92 Å². The molecule has 66 valence electrons. The van der Waals surface area contributed by atoms with E-state index < -0.39 is 6.10 Å². The lowest BCUT2D eigenvalue weighted by molar-refractivity contribution is -0.125. The van der Waals surface area contributed by atoms with Crippen LogP contribution in [0, 0.1) is 0 Å². The number of hydrogen-bond donors (Lipinski definition) is 2. The van der Waals surface area contributed by atoms with Gasteiger partial charge in [-0.1, -0.05) is 0 Å². The number of carbonyl (C=O) groups excluding carboxylic acids is 1. The van der Waals surface area contributed by atoms with Crippen molar-refractivity contribution in [2.75, 3.05) is 19.8 Å². The summed E-state index contributed by atoms with van der Waals surface area (Å²) in [7, 11) is 0. The van der Waals surface area contributed by atoms with Gasteiger partial charge in [-0.05, 0) is 13.8 Å². The molecule has 0 aromatic heterocycles. The summed E-state index contributed by atoms with van der Waals surface area (Å²) in [4.78, 5) is 10.8. The van der Waals surface area contributed by atoms with Gasteiger partial charge in [0.2, 0.25) is 5.91 Å². The molecule has 0 spiro atoms. The highest BCUT2D eigenvalue weighted by atomic mass is 16.5. The second-order valence-electron chi connectivity index (χ2n) is 2.29. The van der Waals surface area contributed by atoms with E-state index in [1.165, 1.54) is 0 Å². The first-order valence-corrected chi connectivity index (χ1v) is 3.69. The minimum atomic E-state index is -0.499. The minimum absolute atomic E-state index is 0.0726. The average Bonchev–Trinajstić information content (AvgIpc) is 1.97. The molecule has 2 N–H and O–H groups in total. The molecule has 0 aliphatic rings. The number of carbonyl (C=O) groups is 1. The molecule has 0 rings (SSSR count). The standard InChI is InChI=1S/C7H15NO3/c1-3-11-5-7(10)8-4-6(2)9/h6,9H,3-5H2,1-2H3,(H,8,10). The second kappa shape index (κ2) is 6.12. The van der Waals surface area contributed by atoms with Crippen LogP contribution in [0.4, 0.5) is 0 Å². The van der Waals surface area contributed by atoms with Crippen LogP contribution >= 0.6 is 0 Å². The van der Waals surface area contributed by atoms with Gasteiger partial charge in [-0.2, -0.15) is 0 Å². The Hall–Kier alpha value is -0.610. The van der Waals surface area contributed by atoms with Crippen molar-refractivity contribution in [1.29, 1.82) is 0 Å². The lowest BCUT2D eigenvalue weighted by Crippen LogP contribution is -2.33. The summed E-state index contributed by atoms with van der Waals surface area (Å²) in [5, 5.41) is 11.3. The first-order valence-electron chi connectivity index (χ1n) is 3.69. The monoisotopic (exact) mass is 161 g/mol. The van der Waals surface area contributed by atoms with Gasteiger partial charge in [-0.3, -0.25) is 4.79 Å². The molecule has 0 radical (unpaired) electrons. The molecule has 0 heterocycles. The summed E-state index contributed by atoms with van der Waals surface area (Å²) < 4.78 is 4.83. The Bertz CT molecular complexity index is 114. The molecule has 0 aliphatic carbocycles. The molecule has 0 fully saturated rings. The van der Waals surface area contributed by atoms with Crippen molar-refractivity contribution in [3.63, 3.8) is 0 Å². The minimum Gasteiger partial charge on any atom is -0.392 e. The third-order valence-electron chi connectivity index (χ3n) is 1.03. The molecule has 1 atom stereocenters. The van der Waals surface area contributed by atoms with Crippen LogP contribution in [0.5, 0.6) is 0 Å². The number of aliphatic hydroxyl groups is 1. The molecule has 1 unspecified atom stereocenters. The molecule has 4 nitrogen and oxygen atoms in total. The highest BCUT2D eigenvalue weighted by Gasteiger charge is 2.01. The van der Waals surface area contributed by atoms with Crippen LogP contribution in [0.25, 0.3) is 0 Å². The zero-order valence-corrected chi connectivity index (χ0v) is 6.96. The summed E-state index contributed by atoms with van der Waals surface area (Å²) in [6.45, 7) is 4.32. The summed E-state index contributed by atoms with van der Waals surface area (Å²) in [5.41, 5.74) is 0. The molecular formula is C7H15NO3. The van der Waals surface area contributed by atoms with Crippen molar-refractivity contribution >= 4 is 5.91 Å². The first kappa shape index (κ1) is 10.4. The van der Waals surface area contributed by atoms with Gasteiger partial charge >= 0.3 is 0 Å². The fourth-order valence-corrected chi connectivity index (χ4v) is 0.507. The number of aliphatic hydroxyl groups excluding tert-OH is 1. The van der Waals surface area contributed by atoms with Gasteiger partial charge in [0.05, 0.1) is 6.10 Å². The van der Waals surface area contributed by atoms with Crippen molar-refractivity contribution in [2.24, 2.45) is 0 Å². The predicted octanol–water partition coefficient (Wildman–Crippen LogP) is -0.480. The molecule has 0 saturated carbocycles. The topological polar surface area (TPSA) is 58.6 Å². The third kappa shape index (κ3) is 7.29. The number of ether oxygens (including phenoxy) is 1. The van der Waals surface area contributed by atoms with E-state index in [9.17, 15) is 4.79 Å². The first-order chi connectivity index (χ1) is 5.16. The van der Waals surface area contributed by atoms with Crippen LogP contribution in [0.1, 0.15) is 13.8 Å². The lowest BCUT2D eigenvalue weighted by atomic mass is 10.4. The van der Waals surface area contributed by atoms with Crippen LogP contribution < -0.4 is 5.32 Å². The Morgan fingerprint density at radius 1 is 1.73 bits per heavy atom. The van der Waals surface area contributed by atoms with Crippen LogP contribution in [0.2, 0.25) is 0 Å². The van der Waals surface area contributed by atoms with Gasteiger partial charge in [0.15, 0.2) is 0 Å². The molecule has 4 heteroatoms. The van der Waals surface area contributed by atoms with Crippen LogP contribution in [-0.2, 0) is 9.53 Å². The lowest BCUT2D eigenvalue weighted by Gasteiger charge is -2.06. The van der Waals surface area contributed by atoms with Crippen LogP contribution in [-0.4, -0.2) is 36.9 Å². The third-order valence-corrected chi connectivity index (χ3v) is 1.03. The number of amides is 1. The molecule has 0 saturated heterocycles. The Morgan fingerprint density at radius 2 is 2.36 bits per heavy atom. The fourth-order valence-electron chi connectivity index (χ4n) is 0.507. The largest absolute Gasteiger partial charge is 0.392 e. The van der Waals surface area contributed by atoms with E-state index in [1.807, 2.05) is 6.92 Å². The number of rotatable bonds is 5. The normalized spacial score (nSPS) is 12.6. The smallest absolute Gasteiger partial charge is 0.246 e. The predicted molar refractivity (Wildman–Crippen MR) is 41.2 cm³/mol. The fraction of sp³-hybridized carbons (Fsp3) is 0.857. The Balaban J connectivity index is 3.23. The van der Waals surface area contributed by atoms with Crippen molar-refractivity contribution in [3.05, 3.63) is 0 Å². The van der Waals surface area contributed by atoms with E-state index in [2.05, 4.69) is 5.32 Å². The molecule has 1 amide bonds. The van der Waals surface area contributed by atoms with Crippen molar-refractivity contribution in [2.45, 2.75) is 20.0 Å². The van der Waals surface area contributed by atoms with Crippen LogP contribution in [0.15, 0.2) is 0 Å². The maximum absolute atomic E-state index is 10.8. The average molecular weight is 161 g/mol. The van der Waals surface area contributed by atoms with Gasteiger partial charge in [0.25, 0.3) is 0 Å². The van der Waals surface area contributed by atoms with Crippen molar-refractivity contribution in [1.82, 2.24) is 5.32 Å². The van der Waals surface area contributed by atoms with E-state index in [4.69, 9.17) is 9.84 Å².